The number of amides is 1. The number of carboxylic acid groups (broad SMARTS) is 1. The number of nitrogens with one attached hydrogen (secondary N) is 1. The standard InChI is InChI=1S/C24H24N6O4S4/c1-24(2,21(32)33)12-35-18-11-25-22(38-18)28-20(31)19-16(36-15-7-5-14(34-4)6-8-15)9-10-17(27-19)37-23-29-26-13-30(23)3/h5-11,13H,12H2,1-4H3,(H,32,33)(H,25,28,31). The Balaban J connectivity index is 1.55. The number of carbonyl (C=O) groups is 2. The molecule has 0 aliphatic heterocycles. The maximum Gasteiger partial charge on any atom is 0.309 e. The SMILES string of the molecule is COc1ccc(Sc2ccc(Sc3nncn3C)nc2C(=O)Nc2ncc(SCC(C)(C)C(=O)O)s2)cc1. The van der Waals surface area contributed by atoms with E-state index in [-0.39, 0.29) is 5.69 Å². The second-order valence-corrected chi connectivity index (χ2v) is 12.9. The van der Waals surface area contributed by atoms with Crippen molar-refractivity contribution in [2.24, 2.45) is 12.5 Å². The molecule has 0 saturated heterocycles. The molecule has 198 valence electrons. The highest BCUT2D eigenvalue weighted by atomic mass is 32.2. The largest absolute Gasteiger partial charge is 0.497 e. The minimum Gasteiger partial charge on any atom is -0.497 e. The van der Waals surface area contributed by atoms with Crippen LogP contribution in [0.3, 0.4) is 0 Å². The first-order chi connectivity index (χ1) is 18.1. The van der Waals surface area contributed by atoms with Gasteiger partial charge < -0.3 is 14.4 Å². The molecule has 0 bridgehead atoms. The summed E-state index contributed by atoms with van der Waals surface area (Å²) in [5, 5.41) is 21.8. The van der Waals surface area contributed by atoms with Crippen LogP contribution in [0.2, 0.25) is 0 Å². The van der Waals surface area contributed by atoms with E-state index in [9.17, 15) is 14.7 Å². The first kappa shape index (κ1) is 28.0. The normalized spacial score (nSPS) is 11.4. The number of methoxy groups -OCH3 is 1. The Labute approximate surface area is 236 Å². The third kappa shape index (κ3) is 7.07. The second kappa shape index (κ2) is 12.2. The van der Waals surface area contributed by atoms with Crippen molar-refractivity contribution in [3.05, 3.63) is 54.6 Å². The van der Waals surface area contributed by atoms with Crippen molar-refractivity contribution in [1.82, 2.24) is 24.7 Å². The number of thioether (sulfide) groups is 1. The van der Waals surface area contributed by atoms with Crippen LogP contribution in [-0.4, -0.2) is 54.6 Å². The predicted molar refractivity (Wildman–Crippen MR) is 149 cm³/mol. The molecule has 3 aromatic heterocycles. The first-order valence-electron chi connectivity index (χ1n) is 11.1. The summed E-state index contributed by atoms with van der Waals surface area (Å²) >= 11 is 5.39. The van der Waals surface area contributed by atoms with Crippen LogP contribution in [0.1, 0.15) is 24.3 Å². The Kier molecular flexibility index (Phi) is 8.97. The number of aromatic nitrogens is 5. The van der Waals surface area contributed by atoms with Crippen LogP contribution in [0.15, 0.2) is 73.1 Å². The van der Waals surface area contributed by atoms with Crippen molar-refractivity contribution in [2.75, 3.05) is 18.2 Å². The topological polar surface area (TPSA) is 132 Å². The second-order valence-electron chi connectivity index (χ2n) is 8.52. The van der Waals surface area contributed by atoms with Gasteiger partial charge in [-0.2, -0.15) is 0 Å². The molecule has 1 aromatic carbocycles. The van der Waals surface area contributed by atoms with Gasteiger partial charge >= 0.3 is 5.97 Å². The maximum atomic E-state index is 13.4. The van der Waals surface area contributed by atoms with Gasteiger partial charge in [0.05, 0.1) is 22.9 Å². The quantitative estimate of drug-likeness (QED) is 0.217. The Bertz CT molecular complexity index is 1440. The summed E-state index contributed by atoms with van der Waals surface area (Å²) in [5.74, 6) is -0.151. The van der Waals surface area contributed by atoms with Gasteiger partial charge in [-0.25, -0.2) is 9.97 Å². The smallest absolute Gasteiger partial charge is 0.309 e. The third-order valence-electron chi connectivity index (χ3n) is 5.06. The number of aryl methyl sites for hydroxylation is 1. The Morgan fingerprint density at radius 2 is 1.92 bits per heavy atom. The molecule has 0 spiro atoms. The van der Waals surface area contributed by atoms with Crippen LogP contribution in [0.4, 0.5) is 5.13 Å². The number of benzene rings is 1. The summed E-state index contributed by atoms with van der Waals surface area (Å²) in [6.45, 7) is 3.34. The molecular weight excluding hydrogens is 565 g/mol. The number of ether oxygens (including phenoxy) is 1. The van der Waals surface area contributed by atoms with Gasteiger partial charge in [-0.1, -0.05) is 23.1 Å². The fraction of sp³-hybridized carbons (Fsp3) is 0.250. The summed E-state index contributed by atoms with van der Waals surface area (Å²) in [6.07, 6.45) is 3.23. The van der Waals surface area contributed by atoms with Gasteiger partial charge in [0.25, 0.3) is 5.91 Å². The van der Waals surface area contributed by atoms with Crippen LogP contribution in [0.5, 0.6) is 5.75 Å². The molecule has 0 unspecified atom stereocenters. The summed E-state index contributed by atoms with van der Waals surface area (Å²) in [5.41, 5.74) is -0.634. The number of hydrogen-bond acceptors (Lipinski definition) is 11. The average Bonchev–Trinajstić information content (AvgIpc) is 3.52. The zero-order valence-corrected chi connectivity index (χ0v) is 24.1. The lowest BCUT2D eigenvalue weighted by Crippen LogP contribution is -2.26. The van der Waals surface area contributed by atoms with Crippen molar-refractivity contribution in [3.63, 3.8) is 0 Å². The highest BCUT2D eigenvalue weighted by Crippen LogP contribution is 2.36. The summed E-state index contributed by atoms with van der Waals surface area (Å²) in [7, 11) is 3.44. The molecule has 0 atom stereocenters. The molecule has 0 aliphatic carbocycles. The molecule has 4 aromatic rings. The Morgan fingerprint density at radius 3 is 2.58 bits per heavy atom. The summed E-state index contributed by atoms with van der Waals surface area (Å²) in [6, 6.07) is 11.2. The number of thiazole rings is 1. The van der Waals surface area contributed by atoms with Crippen molar-refractivity contribution < 1.29 is 19.4 Å². The summed E-state index contributed by atoms with van der Waals surface area (Å²) in [4.78, 5) is 35.3. The molecule has 0 radical (unpaired) electrons. The van der Waals surface area contributed by atoms with E-state index in [0.717, 1.165) is 14.9 Å². The number of pyridine rings is 1. The molecular formula is C24H24N6O4S4. The highest BCUT2D eigenvalue weighted by Gasteiger charge is 2.27. The van der Waals surface area contributed by atoms with Crippen LogP contribution < -0.4 is 10.1 Å². The molecule has 38 heavy (non-hydrogen) atoms. The molecule has 3 heterocycles. The number of carboxylic acids is 1. The highest BCUT2D eigenvalue weighted by molar-refractivity contribution is 8.01. The van der Waals surface area contributed by atoms with Crippen LogP contribution >= 0.6 is 46.6 Å². The number of anilines is 1. The lowest BCUT2D eigenvalue weighted by molar-refractivity contribution is -0.145. The fourth-order valence-corrected chi connectivity index (χ4v) is 6.40. The lowest BCUT2D eigenvalue weighted by atomic mass is 9.97. The molecule has 0 aliphatic rings. The first-order valence-corrected chi connectivity index (χ1v) is 14.6. The molecule has 1 amide bonds. The summed E-state index contributed by atoms with van der Waals surface area (Å²) < 4.78 is 7.81. The van der Waals surface area contributed by atoms with Gasteiger partial charge in [0.15, 0.2) is 10.3 Å². The van der Waals surface area contributed by atoms with Crippen LogP contribution in [0.25, 0.3) is 0 Å². The van der Waals surface area contributed by atoms with Gasteiger partial charge in [-0.15, -0.1) is 22.0 Å². The van der Waals surface area contributed by atoms with Gasteiger partial charge in [0.1, 0.15) is 22.8 Å². The number of carbonyl (C=O) groups excluding carboxylic acids is 1. The molecule has 14 heteroatoms. The van der Waals surface area contributed by atoms with E-state index >= 15 is 0 Å². The molecule has 2 N–H and O–H groups in total. The van der Waals surface area contributed by atoms with Crippen molar-refractivity contribution in [1.29, 1.82) is 0 Å². The van der Waals surface area contributed by atoms with Gasteiger partial charge in [-0.3, -0.25) is 14.9 Å². The van der Waals surface area contributed by atoms with Gasteiger partial charge in [-0.05, 0) is 62.0 Å². The van der Waals surface area contributed by atoms with Gasteiger partial charge in [0.2, 0.25) is 0 Å². The zero-order valence-electron chi connectivity index (χ0n) is 20.9. The lowest BCUT2D eigenvalue weighted by Gasteiger charge is -2.17. The van der Waals surface area contributed by atoms with Crippen LogP contribution in [0, 0.1) is 5.41 Å². The van der Waals surface area contributed by atoms with E-state index in [1.807, 2.05) is 43.4 Å². The van der Waals surface area contributed by atoms with E-state index in [2.05, 4.69) is 25.5 Å². The molecule has 0 saturated carbocycles. The van der Waals surface area contributed by atoms with Crippen molar-refractivity contribution >= 4 is 63.6 Å². The zero-order chi connectivity index (χ0) is 27.3. The van der Waals surface area contributed by atoms with E-state index < -0.39 is 17.3 Å². The van der Waals surface area contributed by atoms with E-state index in [4.69, 9.17) is 4.74 Å². The molecule has 4 rings (SSSR count). The molecule has 0 fully saturated rings. The van der Waals surface area contributed by atoms with E-state index in [0.29, 0.717) is 26.0 Å². The van der Waals surface area contributed by atoms with Crippen molar-refractivity contribution in [3.8, 4) is 5.75 Å². The number of nitrogens with zero attached hydrogens (tertiary/aromatic N) is 5. The van der Waals surface area contributed by atoms with Gasteiger partial charge in [0, 0.05) is 22.6 Å². The monoisotopic (exact) mass is 588 g/mol. The Morgan fingerprint density at radius 1 is 1.16 bits per heavy atom. The Hall–Kier alpha value is -3.07. The van der Waals surface area contributed by atoms with E-state index in [1.54, 1.807) is 38.0 Å². The fourth-order valence-electron chi connectivity index (χ4n) is 2.81. The number of hydrogen-bond donors (Lipinski definition) is 2. The minimum absolute atomic E-state index is 0.245. The third-order valence-corrected chi connectivity index (χ3v) is 9.67. The number of aliphatic carboxylic acids is 1. The minimum atomic E-state index is -0.879. The maximum absolute atomic E-state index is 13.4. The average molecular weight is 589 g/mol. The van der Waals surface area contributed by atoms with E-state index in [1.165, 1.54) is 46.6 Å². The van der Waals surface area contributed by atoms with Crippen molar-refractivity contribution in [2.45, 2.75) is 38.0 Å². The number of rotatable bonds is 11. The molecule has 10 nitrogen and oxygen atoms in total. The predicted octanol–water partition coefficient (Wildman–Crippen LogP) is 5.43. The van der Waals surface area contributed by atoms with Crippen LogP contribution in [-0.2, 0) is 11.8 Å².